The highest BCUT2D eigenvalue weighted by Crippen LogP contribution is 2.25. The summed E-state index contributed by atoms with van der Waals surface area (Å²) in [5.74, 6) is 0.217. The van der Waals surface area contributed by atoms with Gasteiger partial charge in [0.05, 0.1) is 5.39 Å². The highest BCUT2D eigenvalue weighted by molar-refractivity contribution is 7.16. The van der Waals surface area contributed by atoms with Gasteiger partial charge in [0.25, 0.3) is 5.91 Å². The van der Waals surface area contributed by atoms with Crippen molar-refractivity contribution < 1.29 is 9.53 Å². The molecule has 0 aliphatic heterocycles. The van der Waals surface area contributed by atoms with Gasteiger partial charge in [0, 0.05) is 5.69 Å². The Morgan fingerprint density at radius 3 is 2.82 bits per heavy atom. The van der Waals surface area contributed by atoms with E-state index in [1.54, 1.807) is 0 Å². The van der Waals surface area contributed by atoms with Gasteiger partial charge >= 0.3 is 0 Å². The van der Waals surface area contributed by atoms with E-state index in [-0.39, 0.29) is 12.5 Å². The van der Waals surface area contributed by atoms with Gasteiger partial charge < -0.3 is 10.1 Å². The van der Waals surface area contributed by atoms with Gasteiger partial charge in [-0.25, -0.2) is 9.97 Å². The smallest absolute Gasteiger partial charge is 0.262 e. The van der Waals surface area contributed by atoms with Crippen LogP contribution in [-0.4, -0.2) is 22.5 Å². The Hall–Kier alpha value is -2.47. The number of hydrogen-bond donors (Lipinski definition) is 1. The summed E-state index contributed by atoms with van der Waals surface area (Å²) >= 11 is 1.51. The lowest BCUT2D eigenvalue weighted by Crippen LogP contribution is -2.20. The molecule has 0 aliphatic rings. The van der Waals surface area contributed by atoms with Gasteiger partial charge in [-0.05, 0) is 35.6 Å². The molecule has 6 heteroatoms. The first-order valence-corrected chi connectivity index (χ1v) is 7.84. The molecule has 1 N–H and O–H groups in total. The fourth-order valence-corrected chi connectivity index (χ4v) is 2.76. The van der Waals surface area contributed by atoms with Gasteiger partial charge in [0.15, 0.2) is 6.61 Å². The van der Waals surface area contributed by atoms with Crippen LogP contribution in [0.15, 0.2) is 42.0 Å². The number of ether oxygens (including phenoxy) is 1. The molecular formula is C16H15N3O2S. The van der Waals surface area contributed by atoms with Crippen LogP contribution in [0.25, 0.3) is 10.2 Å². The van der Waals surface area contributed by atoms with Crippen LogP contribution in [0, 0.1) is 0 Å². The number of hydrogen-bond acceptors (Lipinski definition) is 5. The molecule has 112 valence electrons. The maximum atomic E-state index is 11.9. The maximum Gasteiger partial charge on any atom is 0.262 e. The lowest BCUT2D eigenvalue weighted by Gasteiger charge is -2.08. The summed E-state index contributed by atoms with van der Waals surface area (Å²) in [7, 11) is 0. The minimum Gasteiger partial charge on any atom is -0.467 e. The van der Waals surface area contributed by atoms with Crippen molar-refractivity contribution in [2.45, 2.75) is 13.3 Å². The summed E-state index contributed by atoms with van der Waals surface area (Å²) in [6.07, 6.45) is 2.41. The molecule has 0 spiro atoms. The molecule has 0 saturated heterocycles. The van der Waals surface area contributed by atoms with Gasteiger partial charge in [-0.1, -0.05) is 19.1 Å². The van der Waals surface area contributed by atoms with Crippen LogP contribution in [-0.2, 0) is 11.2 Å². The number of anilines is 1. The lowest BCUT2D eigenvalue weighted by molar-refractivity contribution is -0.118. The number of nitrogens with one attached hydrogen (secondary N) is 1. The van der Waals surface area contributed by atoms with Crippen molar-refractivity contribution in [3.05, 3.63) is 47.6 Å². The van der Waals surface area contributed by atoms with E-state index in [1.165, 1.54) is 23.2 Å². The van der Waals surface area contributed by atoms with Crippen molar-refractivity contribution in [3.63, 3.8) is 0 Å². The Bertz CT molecular complexity index is 783. The van der Waals surface area contributed by atoms with Crippen molar-refractivity contribution >= 4 is 33.1 Å². The monoisotopic (exact) mass is 313 g/mol. The molecule has 3 aromatic rings. The highest BCUT2D eigenvalue weighted by atomic mass is 32.1. The molecule has 0 unspecified atom stereocenters. The molecule has 0 aliphatic carbocycles. The number of fused-ring (bicyclic) bond motifs is 1. The minimum atomic E-state index is -0.216. The van der Waals surface area contributed by atoms with E-state index >= 15 is 0 Å². The second-order valence-electron chi connectivity index (χ2n) is 4.71. The summed E-state index contributed by atoms with van der Waals surface area (Å²) in [4.78, 5) is 21.0. The molecule has 0 saturated carbocycles. The molecule has 2 aromatic heterocycles. The second-order valence-corrected chi connectivity index (χ2v) is 5.60. The summed E-state index contributed by atoms with van der Waals surface area (Å²) in [6, 6.07) is 9.65. The topological polar surface area (TPSA) is 64.1 Å². The van der Waals surface area contributed by atoms with Crippen molar-refractivity contribution in [2.24, 2.45) is 0 Å². The number of thiophene rings is 1. The third-order valence-corrected chi connectivity index (χ3v) is 4.03. The van der Waals surface area contributed by atoms with Crippen molar-refractivity contribution in [1.29, 1.82) is 0 Å². The molecule has 3 rings (SSSR count). The highest BCUT2D eigenvalue weighted by Gasteiger charge is 2.09. The SMILES string of the molecule is CCc1ccc(NC(=O)COc2ncnc3sccc23)cc1. The lowest BCUT2D eigenvalue weighted by atomic mass is 10.1. The average molecular weight is 313 g/mol. The Morgan fingerprint density at radius 2 is 2.05 bits per heavy atom. The van der Waals surface area contributed by atoms with E-state index in [2.05, 4.69) is 22.2 Å². The van der Waals surface area contributed by atoms with E-state index in [9.17, 15) is 4.79 Å². The number of nitrogens with zero attached hydrogens (tertiary/aromatic N) is 2. The van der Waals surface area contributed by atoms with Gasteiger partial charge in [0.2, 0.25) is 5.88 Å². The average Bonchev–Trinajstić information content (AvgIpc) is 3.03. The third-order valence-electron chi connectivity index (χ3n) is 3.21. The number of rotatable bonds is 5. The first-order valence-electron chi connectivity index (χ1n) is 6.96. The van der Waals surface area contributed by atoms with Crippen LogP contribution < -0.4 is 10.1 Å². The fraction of sp³-hybridized carbons (Fsp3) is 0.188. The van der Waals surface area contributed by atoms with Crippen LogP contribution in [0.5, 0.6) is 5.88 Å². The number of aromatic nitrogens is 2. The Morgan fingerprint density at radius 1 is 1.23 bits per heavy atom. The zero-order valence-electron chi connectivity index (χ0n) is 12.1. The minimum absolute atomic E-state index is 0.0858. The quantitative estimate of drug-likeness (QED) is 0.785. The van der Waals surface area contributed by atoms with Crippen molar-refractivity contribution in [2.75, 3.05) is 11.9 Å². The molecule has 0 radical (unpaired) electrons. The normalized spacial score (nSPS) is 10.6. The number of carbonyl (C=O) groups excluding carboxylic acids is 1. The summed E-state index contributed by atoms with van der Waals surface area (Å²) in [5, 5.41) is 5.55. The van der Waals surface area contributed by atoms with Gasteiger partial charge in [-0.15, -0.1) is 11.3 Å². The molecular weight excluding hydrogens is 298 g/mol. The molecule has 2 heterocycles. The molecule has 22 heavy (non-hydrogen) atoms. The molecule has 0 atom stereocenters. The number of carbonyl (C=O) groups is 1. The molecule has 1 amide bonds. The molecule has 0 bridgehead atoms. The standard InChI is InChI=1S/C16H15N3O2S/c1-2-11-3-5-12(6-4-11)19-14(20)9-21-15-13-7-8-22-16(13)18-10-17-15/h3-8,10H,2,9H2,1H3,(H,19,20). The Balaban J connectivity index is 1.61. The molecule has 1 aromatic carbocycles. The first-order chi connectivity index (χ1) is 10.8. The predicted octanol–water partition coefficient (Wildman–Crippen LogP) is 3.27. The van der Waals surface area contributed by atoms with E-state index in [4.69, 9.17) is 4.74 Å². The van der Waals surface area contributed by atoms with E-state index in [1.807, 2.05) is 35.7 Å². The third kappa shape index (κ3) is 3.23. The summed E-state index contributed by atoms with van der Waals surface area (Å²) in [6.45, 7) is 2.01. The zero-order valence-corrected chi connectivity index (χ0v) is 12.9. The van der Waals surface area contributed by atoms with E-state index in [0.29, 0.717) is 5.88 Å². The fourth-order valence-electron chi connectivity index (χ4n) is 2.04. The number of aryl methyl sites for hydroxylation is 1. The van der Waals surface area contributed by atoms with Crippen molar-refractivity contribution in [1.82, 2.24) is 9.97 Å². The largest absolute Gasteiger partial charge is 0.467 e. The number of amides is 1. The van der Waals surface area contributed by atoms with Gasteiger partial charge in [-0.3, -0.25) is 4.79 Å². The van der Waals surface area contributed by atoms with Crippen LogP contribution in [0.3, 0.4) is 0 Å². The Kier molecular flexibility index (Phi) is 4.29. The predicted molar refractivity (Wildman–Crippen MR) is 87.4 cm³/mol. The number of benzene rings is 1. The van der Waals surface area contributed by atoms with Crippen LogP contribution in [0.2, 0.25) is 0 Å². The summed E-state index contributed by atoms with van der Waals surface area (Å²) in [5.41, 5.74) is 1.99. The van der Waals surface area contributed by atoms with Crippen LogP contribution in [0.1, 0.15) is 12.5 Å². The van der Waals surface area contributed by atoms with E-state index in [0.717, 1.165) is 22.3 Å². The second kappa shape index (κ2) is 6.53. The van der Waals surface area contributed by atoms with Gasteiger partial charge in [0.1, 0.15) is 11.2 Å². The summed E-state index contributed by atoms with van der Waals surface area (Å²) < 4.78 is 5.50. The van der Waals surface area contributed by atoms with Crippen LogP contribution >= 0.6 is 11.3 Å². The first kappa shape index (κ1) is 14.5. The Labute approximate surface area is 132 Å². The van der Waals surface area contributed by atoms with E-state index < -0.39 is 0 Å². The van der Waals surface area contributed by atoms with Crippen molar-refractivity contribution in [3.8, 4) is 5.88 Å². The van der Waals surface area contributed by atoms with Crippen LogP contribution in [0.4, 0.5) is 5.69 Å². The maximum absolute atomic E-state index is 11.9. The van der Waals surface area contributed by atoms with Gasteiger partial charge in [-0.2, -0.15) is 0 Å². The molecule has 0 fully saturated rings. The zero-order chi connectivity index (χ0) is 15.4. The molecule has 5 nitrogen and oxygen atoms in total.